The van der Waals surface area contributed by atoms with E-state index in [9.17, 15) is 0 Å². The molecule has 1 saturated carbocycles. The van der Waals surface area contributed by atoms with Gasteiger partial charge in [0.05, 0.1) is 0 Å². The lowest BCUT2D eigenvalue weighted by Crippen LogP contribution is -2.45. The van der Waals surface area contributed by atoms with Gasteiger partial charge in [0.15, 0.2) is 0 Å². The predicted molar refractivity (Wildman–Crippen MR) is 86.3 cm³/mol. The van der Waals surface area contributed by atoms with E-state index in [1.54, 1.807) is 0 Å². The summed E-state index contributed by atoms with van der Waals surface area (Å²) in [4.78, 5) is 0. The van der Waals surface area contributed by atoms with Gasteiger partial charge >= 0.3 is 0 Å². The molecule has 1 heterocycles. The number of piperidine rings is 1. The molecule has 3 atom stereocenters. The highest BCUT2D eigenvalue weighted by Crippen LogP contribution is 2.61. The molecule has 0 radical (unpaired) electrons. The second-order valence-electron chi connectivity index (χ2n) is 7.74. The largest absolute Gasteiger partial charge is 0.316 e. The van der Waals surface area contributed by atoms with Crippen LogP contribution in [0.25, 0.3) is 0 Å². The van der Waals surface area contributed by atoms with Gasteiger partial charge in [0.1, 0.15) is 0 Å². The summed E-state index contributed by atoms with van der Waals surface area (Å²) in [5.41, 5.74) is 2.36. The minimum absolute atomic E-state index is 0.458. The minimum Gasteiger partial charge on any atom is -0.316 e. The Morgan fingerprint density at radius 1 is 1.30 bits per heavy atom. The van der Waals surface area contributed by atoms with Crippen LogP contribution in [0.4, 0.5) is 0 Å². The standard InChI is InChI=1S/C18H26ClN/c1-13-10-17(2,3)12-18(13)7-8-20-11-16(18)14-5-4-6-15(19)9-14/h4-6,9,13,16,20H,7-8,10-12H2,1-3H3. The smallest absolute Gasteiger partial charge is 0.0408 e. The highest BCUT2D eigenvalue weighted by molar-refractivity contribution is 6.30. The summed E-state index contributed by atoms with van der Waals surface area (Å²) in [5.74, 6) is 1.40. The fraction of sp³-hybridized carbons (Fsp3) is 0.667. The Labute approximate surface area is 128 Å². The number of benzene rings is 1. The summed E-state index contributed by atoms with van der Waals surface area (Å²) in [6.45, 7) is 9.61. The normalized spacial score (nSPS) is 36.4. The summed E-state index contributed by atoms with van der Waals surface area (Å²) < 4.78 is 0. The number of halogens is 1. The van der Waals surface area contributed by atoms with Crippen LogP contribution in [0.2, 0.25) is 5.02 Å². The maximum atomic E-state index is 6.23. The Morgan fingerprint density at radius 3 is 2.75 bits per heavy atom. The van der Waals surface area contributed by atoms with Gasteiger partial charge in [-0.05, 0) is 60.3 Å². The van der Waals surface area contributed by atoms with Gasteiger partial charge in [-0.25, -0.2) is 0 Å². The van der Waals surface area contributed by atoms with E-state index in [-0.39, 0.29) is 0 Å². The molecule has 110 valence electrons. The molecule has 1 aliphatic heterocycles. The predicted octanol–water partition coefficient (Wildman–Crippen LogP) is 4.86. The van der Waals surface area contributed by atoms with Gasteiger partial charge in [0.25, 0.3) is 0 Å². The third kappa shape index (κ3) is 2.40. The highest BCUT2D eigenvalue weighted by atomic mass is 35.5. The van der Waals surface area contributed by atoms with Gasteiger partial charge < -0.3 is 5.32 Å². The van der Waals surface area contributed by atoms with Crippen molar-refractivity contribution in [3.63, 3.8) is 0 Å². The van der Waals surface area contributed by atoms with Crippen molar-refractivity contribution in [1.29, 1.82) is 0 Å². The highest BCUT2D eigenvalue weighted by Gasteiger charge is 2.53. The van der Waals surface area contributed by atoms with Crippen molar-refractivity contribution in [3.8, 4) is 0 Å². The first-order chi connectivity index (χ1) is 9.43. The van der Waals surface area contributed by atoms with Crippen LogP contribution in [0, 0.1) is 16.7 Å². The summed E-state index contributed by atoms with van der Waals surface area (Å²) in [6.07, 6.45) is 4.00. The van der Waals surface area contributed by atoms with E-state index in [1.165, 1.54) is 24.8 Å². The first kappa shape index (κ1) is 14.4. The maximum absolute atomic E-state index is 6.23. The van der Waals surface area contributed by atoms with Crippen LogP contribution >= 0.6 is 11.6 Å². The quantitative estimate of drug-likeness (QED) is 0.779. The Kier molecular flexibility index (Phi) is 3.63. The average Bonchev–Trinajstić information content (AvgIpc) is 2.60. The lowest BCUT2D eigenvalue weighted by Gasteiger charge is -2.46. The number of nitrogens with one attached hydrogen (secondary N) is 1. The van der Waals surface area contributed by atoms with Gasteiger partial charge in [0.2, 0.25) is 0 Å². The van der Waals surface area contributed by atoms with Gasteiger partial charge in [-0.2, -0.15) is 0 Å². The Bertz CT molecular complexity index is 496. The van der Waals surface area contributed by atoms with E-state index in [0.29, 0.717) is 16.7 Å². The molecule has 1 aromatic carbocycles. The van der Waals surface area contributed by atoms with Crippen molar-refractivity contribution in [1.82, 2.24) is 5.32 Å². The van der Waals surface area contributed by atoms with E-state index in [2.05, 4.69) is 44.3 Å². The topological polar surface area (TPSA) is 12.0 Å². The fourth-order valence-electron chi connectivity index (χ4n) is 5.09. The van der Waals surface area contributed by atoms with Crippen LogP contribution in [0.1, 0.15) is 51.5 Å². The lowest BCUT2D eigenvalue weighted by atomic mass is 9.62. The summed E-state index contributed by atoms with van der Waals surface area (Å²) >= 11 is 6.23. The molecule has 1 spiro atoms. The molecule has 2 aliphatic rings. The molecule has 3 rings (SSSR count). The maximum Gasteiger partial charge on any atom is 0.0408 e. The Morgan fingerprint density at radius 2 is 2.10 bits per heavy atom. The van der Waals surface area contributed by atoms with Crippen molar-refractivity contribution in [2.75, 3.05) is 13.1 Å². The van der Waals surface area contributed by atoms with Gasteiger partial charge in [-0.3, -0.25) is 0 Å². The molecule has 0 bridgehead atoms. The zero-order valence-corrected chi connectivity index (χ0v) is 13.6. The monoisotopic (exact) mass is 291 g/mol. The van der Waals surface area contributed by atoms with Crippen molar-refractivity contribution >= 4 is 11.6 Å². The van der Waals surface area contributed by atoms with E-state index in [1.807, 2.05) is 6.07 Å². The summed E-state index contributed by atoms with van der Waals surface area (Å²) in [5, 5.41) is 4.48. The molecule has 1 aromatic rings. The first-order valence-corrected chi connectivity index (χ1v) is 8.27. The average molecular weight is 292 g/mol. The van der Waals surface area contributed by atoms with Crippen molar-refractivity contribution in [3.05, 3.63) is 34.9 Å². The molecular weight excluding hydrogens is 266 g/mol. The SMILES string of the molecule is CC1CC(C)(C)CC12CCNCC2c1cccc(Cl)c1. The van der Waals surface area contributed by atoms with E-state index in [4.69, 9.17) is 11.6 Å². The van der Waals surface area contributed by atoms with Crippen molar-refractivity contribution in [2.45, 2.75) is 46.0 Å². The van der Waals surface area contributed by atoms with Gasteiger partial charge in [-0.15, -0.1) is 0 Å². The third-order valence-electron chi connectivity index (χ3n) is 5.71. The molecule has 1 aliphatic carbocycles. The van der Waals surface area contributed by atoms with Crippen LogP contribution in [-0.4, -0.2) is 13.1 Å². The summed E-state index contributed by atoms with van der Waals surface area (Å²) in [6, 6.07) is 8.53. The number of hydrogen-bond acceptors (Lipinski definition) is 1. The molecule has 0 amide bonds. The second-order valence-corrected chi connectivity index (χ2v) is 8.18. The van der Waals surface area contributed by atoms with Crippen LogP contribution in [-0.2, 0) is 0 Å². The molecule has 20 heavy (non-hydrogen) atoms. The third-order valence-corrected chi connectivity index (χ3v) is 5.94. The van der Waals surface area contributed by atoms with Crippen LogP contribution in [0.5, 0.6) is 0 Å². The van der Waals surface area contributed by atoms with Crippen molar-refractivity contribution in [2.24, 2.45) is 16.7 Å². The Hall–Kier alpha value is -0.530. The van der Waals surface area contributed by atoms with Gasteiger partial charge in [0, 0.05) is 17.5 Å². The zero-order valence-electron chi connectivity index (χ0n) is 12.9. The van der Waals surface area contributed by atoms with E-state index >= 15 is 0 Å². The van der Waals surface area contributed by atoms with E-state index in [0.717, 1.165) is 24.0 Å². The molecule has 0 aromatic heterocycles. The van der Waals surface area contributed by atoms with E-state index < -0.39 is 0 Å². The summed E-state index contributed by atoms with van der Waals surface area (Å²) in [7, 11) is 0. The Balaban J connectivity index is 2.00. The molecule has 2 heteroatoms. The molecule has 1 saturated heterocycles. The van der Waals surface area contributed by atoms with Crippen molar-refractivity contribution < 1.29 is 0 Å². The lowest BCUT2D eigenvalue weighted by molar-refractivity contribution is 0.108. The molecular formula is C18H26ClN. The molecule has 1 nitrogen and oxygen atoms in total. The number of rotatable bonds is 1. The van der Waals surface area contributed by atoms with Gasteiger partial charge in [-0.1, -0.05) is 44.5 Å². The van der Waals surface area contributed by atoms with Crippen LogP contribution < -0.4 is 5.32 Å². The van der Waals surface area contributed by atoms with Crippen LogP contribution in [0.15, 0.2) is 24.3 Å². The zero-order chi connectivity index (χ0) is 14.4. The van der Waals surface area contributed by atoms with Crippen LogP contribution in [0.3, 0.4) is 0 Å². The molecule has 3 unspecified atom stereocenters. The molecule has 2 fully saturated rings. The second kappa shape index (κ2) is 5.03. The first-order valence-electron chi connectivity index (χ1n) is 7.89. The minimum atomic E-state index is 0.458. The number of hydrogen-bond donors (Lipinski definition) is 1. The fourth-order valence-corrected chi connectivity index (χ4v) is 5.29. The molecule has 1 N–H and O–H groups in total.